The Labute approximate surface area is 224 Å². The number of methoxy groups -OCH3 is 1. The summed E-state index contributed by atoms with van der Waals surface area (Å²) in [4.78, 5) is 18.8. The van der Waals surface area contributed by atoms with Crippen molar-refractivity contribution in [3.63, 3.8) is 0 Å². The number of nitrogens with zero attached hydrogens (tertiary/aromatic N) is 2. The van der Waals surface area contributed by atoms with E-state index in [0.29, 0.717) is 28.8 Å². The van der Waals surface area contributed by atoms with Gasteiger partial charge >= 0.3 is 0 Å². The number of aliphatic imine (C=N–C) groups is 1. The molecule has 0 bridgehead atoms. The van der Waals surface area contributed by atoms with E-state index in [4.69, 9.17) is 14.9 Å². The van der Waals surface area contributed by atoms with E-state index in [2.05, 4.69) is 29.3 Å². The highest BCUT2D eigenvalue weighted by atomic mass is 32.2. The summed E-state index contributed by atoms with van der Waals surface area (Å²) in [6.45, 7) is 0.389. The minimum absolute atomic E-state index is 0.0929. The number of carbonyl (C=O) groups excluding carboxylic acids is 1. The first kappa shape index (κ1) is 23.8. The van der Waals surface area contributed by atoms with Crippen LogP contribution in [-0.2, 0) is 11.4 Å². The molecule has 1 amide bonds. The van der Waals surface area contributed by atoms with Gasteiger partial charge in [0.1, 0.15) is 12.4 Å². The summed E-state index contributed by atoms with van der Waals surface area (Å²) in [6.07, 6.45) is 1.67. The van der Waals surface area contributed by atoms with Crippen molar-refractivity contribution in [1.29, 1.82) is 5.41 Å². The van der Waals surface area contributed by atoms with Crippen LogP contribution >= 0.6 is 11.8 Å². The van der Waals surface area contributed by atoms with Crippen molar-refractivity contribution in [1.82, 2.24) is 4.90 Å². The molecule has 2 aliphatic rings. The average molecular weight is 518 g/mol. The zero-order valence-corrected chi connectivity index (χ0v) is 21.4. The van der Waals surface area contributed by atoms with Gasteiger partial charge in [-0.3, -0.25) is 15.1 Å². The normalized spacial score (nSPS) is 15.9. The second-order valence-corrected chi connectivity index (χ2v) is 9.60. The smallest absolute Gasteiger partial charge is 0.283 e. The first-order valence-corrected chi connectivity index (χ1v) is 12.9. The van der Waals surface area contributed by atoms with Crippen LogP contribution in [0.3, 0.4) is 0 Å². The van der Waals surface area contributed by atoms with Crippen LogP contribution in [0.1, 0.15) is 16.7 Å². The van der Waals surface area contributed by atoms with Crippen LogP contribution in [0, 0.1) is 5.41 Å². The highest BCUT2D eigenvalue weighted by molar-refractivity contribution is 8.17. The Kier molecular flexibility index (Phi) is 6.27. The molecule has 4 aromatic carbocycles. The molecule has 38 heavy (non-hydrogen) atoms. The van der Waals surface area contributed by atoms with Crippen molar-refractivity contribution in [3.8, 4) is 11.5 Å². The standard InChI is InChI=1S/C31H23N3O3S/c1-36-28-17-20(14-15-27(28)37-18-23-12-7-11-21-8-5-6-13-24(21)23)16-25-29(32)34-26(22-9-3-2-4-10-22)19-38-31(34)33-30(25)35/h2-17,19,32H,18H2,1H3/b25-16-,32-29?. The molecule has 0 aromatic heterocycles. The molecule has 6 rings (SSSR count). The van der Waals surface area contributed by atoms with Gasteiger partial charge in [-0.05, 0) is 45.7 Å². The number of carbonyl (C=O) groups is 1. The van der Waals surface area contributed by atoms with E-state index in [1.54, 1.807) is 24.2 Å². The Hall–Kier alpha value is -4.62. The van der Waals surface area contributed by atoms with Crippen molar-refractivity contribution in [2.24, 2.45) is 4.99 Å². The zero-order valence-electron chi connectivity index (χ0n) is 20.5. The van der Waals surface area contributed by atoms with Gasteiger partial charge < -0.3 is 9.47 Å². The van der Waals surface area contributed by atoms with E-state index in [0.717, 1.165) is 27.6 Å². The van der Waals surface area contributed by atoms with Crippen molar-refractivity contribution < 1.29 is 14.3 Å². The lowest BCUT2D eigenvalue weighted by Crippen LogP contribution is -2.38. The highest BCUT2D eigenvalue weighted by Crippen LogP contribution is 2.38. The van der Waals surface area contributed by atoms with Gasteiger partial charge in [0.2, 0.25) is 0 Å². The number of thioether (sulfide) groups is 1. The lowest BCUT2D eigenvalue weighted by atomic mass is 10.0. The second kappa shape index (κ2) is 10.0. The van der Waals surface area contributed by atoms with Crippen LogP contribution in [0.2, 0.25) is 0 Å². The molecule has 2 aliphatic heterocycles. The molecule has 0 saturated carbocycles. The third-order valence-corrected chi connectivity index (χ3v) is 7.27. The van der Waals surface area contributed by atoms with Gasteiger partial charge in [0.05, 0.1) is 18.4 Å². The summed E-state index contributed by atoms with van der Waals surface area (Å²) in [5.41, 5.74) is 3.79. The van der Waals surface area contributed by atoms with Gasteiger partial charge in [-0.15, -0.1) is 0 Å². The van der Waals surface area contributed by atoms with Gasteiger partial charge in [-0.25, -0.2) is 0 Å². The van der Waals surface area contributed by atoms with Gasteiger partial charge in [0.15, 0.2) is 16.7 Å². The molecule has 4 aromatic rings. The van der Waals surface area contributed by atoms with Crippen LogP contribution in [0.15, 0.2) is 107 Å². The summed E-state index contributed by atoms with van der Waals surface area (Å²) in [7, 11) is 1.58. The van der Waals surface area contributed by atoms with Crippen molar-refractivity contribution in [3.05, 3.63) is 119 Å². The average Bonchev–Trinajstić information content (AvgIpc) is 3.38. The molecule has 1 N–H and O–H groups in total. The van der Waals surface area contributed by atoms with Crippen LogP contribution in [0.25, 0.3) is 22.5 Å². The Balaban J connectivity index is 1.26. The number of amides is 1. The predicted molar refractivity (Wildman–Crippen MR) is 153 cm³/mol. The maximum atomic E-state index is 12.9. The van der Waals surface area contributed by atoms with Crippen LogP contribution in [0.4, 0.5) is 0 Å². The van der Waals surface area contributed by atoms with E-state index in [-0.39, 0.29) is 11.4 Å². The summed E-state index contributed by atoms with van der Waals surface area (Å²) < 4.78 is 11.7. The van der Waals surface area contributed by atoms with E-state index >= 15 is 0 Å². The second-order valence-electron chi connectivity index (χ2n) is 8.77. The van der Waals surface area contributed by atoms with E-state index < -0.39 is 5.91 Å². The fourth-order valence-corrected chi connectivity index (χ4v) is 5.44. The quantitative estimate of drug-likeness (QED) is 0.287. The zero-order chi connectivity index (χ0) is 26.1. The summed E-state index contributed by atoms with van der Waals surface area (Å²) in [5.74, 6) is 0.792. The number of fused-ring (bicyclic) bond motifs is 2. The Bertz CT molecular complexity index is 1670. The number of amidine groups is 2. The molecule has 0 unspecified atom stereocenters. The minimum atomic E-state index is -0.438. The first-order chi connectivity index (χ1) is 18.6. The van der Waals surface area contributed by atoms with Gasteiger partial charge in [0.25, 0.3) is 5.91 Å². The number of nitrogens with one attached hydrogen (secondary N) is 1. The Morgan fingerprint density at radius 1 is 0.947 bits per heavy atom. The molecule has 0 radical (unpaired) electrons. The maximum absolute atomic E-state index is 12.9. The summed E-state index contributed by atoms with van der Waals surface area (Å²) in [5, 5.41) is 13.6. The number of benzene rings is 4. The monoisotopic (exact) mass is 517 g/mol. The predicted octanol–water partition coefficient (Wildman–Crippen LogP) is 6.73. The van der Waals surface area contributed by atoms with Crippen LogP contribution < -0.4 is 9.47 Å². The van der Waals surface area contributed by atoms with E-state index in [1.807, 2.05) is 66.1 Å². The highest BCUT2D eigenvalue weighted by Gasteiger charge is 2.36. The van der Waals surface area contributed by atoms with Crippen molar-refractivity contribution >= 4 is 51.2 Å². The SMILES string of the molecule is COc1cc(/C=C2/C(=N)N3C(c4ccccc4)=CSC3=NC2=O)ccc1OCc1cccc2ccccc12. The fourth-order valence-electron chi connectivity index (χ4n) is 4.55. The third kappa shape index (κ3) is 4.37. The van der Waals surface area contributed by atoms with Crippen molar-refractivity contribution in [2.45, 2.75) is 6.61 Å². The summed E-state index contributed by atoms with van der Waals surface area (Å²) >= 11 is 1.35. The molecule has 2 heterocycles. The largest absolute Gasteiger partial charge is 0.493 e. The minimum Gasteiger partial charge on any atom is -0.493 e. The topological polar surface area (TPSA) is 75.0 Å². The molecular weight excluding hydrogens is 494 g/mol. The third-order valence-electron chi connectivity index (χ3n) is 6.45. The molecular formula is C31H23N3O3S. The lowest BCUT2D eigenvalue weighted by Gasteiger charge is -2.27. The van der Waals surface area contributed by atoms with Gasteiger partial charge in [0, 0.05) is 5.41 Å². The number of rotatable bonds is 6. The number of hydrogen-bond acceptors (Lipinski definition) is 5. The molecule has 0 aliphatic carbocycles. The maximum Gasteiger partial charge on any atom is 0.283 e. The van der Waals surface area contributed by atoms with Crippen LogP contribution in [0.5, 0.6) is 11.5 Å². The Morgan fingerprint density at radius 2 is 1.74 bits per heavy atom. The molecule has 0 spiro atoms. The van der Waals surface area contributed by atoms with Gasteiger partial charge in [-0.2, -0.15) is 4.99 Å². The van der Waals surface area contributed by atoms with Crippen molar-refractivity contribution in [2.75, 3.05) is 7.11 Å². The fraction of sp³-hybridized carbons (Fsp3) is 0.0645. The molecule has 7 heteroatoms. The molecule has 6 nitrogen and oxygen atoms in total. The molecule has 0 saturated heterocycles. The molecule has 0 atom stereocenters. The number of hydrogen-bond donors (Lipinski definition) is 1. The Morgan fingerprint density at radius 3 is 2.58 bits per heavy atom. The van der Waals surface area contributed by atoms with E-state index in [1.165, 1.54) is 11.8 Å². The molecule has 0 fully saturated rings. The van der Waals surface area contributed by atoms with E-state index in [9.17, 15) is 4.79 Å². The number of ether oxygens (including phenoxy) is 2. The summed E-state index contributed by atoms with van der Waals surface area (Å²) in [6, 6.07) is 29.6. The van der Waals surface area contributed by atoms with Gasteiger partial charge in [-0.1, -0.05) is 90.6 Å². The van der Waals surface area contributed by atoms with Crippen LogP contribution in [-0.4, -0.2) is 28.9 Å². The first-order valence-electron chi connectivity index (χ1n) is 12.1. The molecule has 186 valence electrons. The lowest BCUT2D eigenvalue weighted by molar-refractivity contribution is -0.114.